The molecular weight excluding hydrogens is 337 g/mol. The zero-order chi connectivity index (χ0) is 17.6. The highest BCUT2D eigenvalue weighted by atomic mass is 32.2. The van der Waals surface area contributed by atoms with Gasteiger partial charge in [0.15, 0.2) is 5.78 Å². The Hall–Kier alpha value is -2.40. The average Bonchev–Trinajstić information content (AvgIpc) is 2.83. The molecule has 1 amide bonds. The summed E-state index contributed by atoms with van der Waals surface area (Å²) in [6, 6.07) is 13.9. The Morgan fingerprint density at radius 2 is 1.84 bits per heavy atom. The van der Waals surface area contributed by atoms with E-state index in [4.69, 9.17) is 0 Å². The Morgan fingerprint density at radius 1 is 1.12 bits per heavy atom. The lowest BCUT2D eigenvalue weighted by Crippen LogP contribution is -2.47. The van der Waals surface area contributed by atoms with E-state index in [1.807, 2.05) is 24.3 Å². The SMILES string of the molecule is CN1C(=O)C2(C=CC(=O)CC2Sc2ccc(F)cc2)c2ccccc21. The highest BCUT2D eigenvalue weighted by molar-refractivity contribution is 8.00. The molecule has 1 heterocycles. The molecule has 1 aliphatic carbocycles. The smallest absolute Gasteiger partial charge is 0.242 e. The molecule has 0 aromatic heterocycles. The van der Waals surface area contributed by atoms with Crippen molar-refractivity contribution >= 4 is 29.1 Å². The molecule has 3 nitrogen and oxygen atoms in total. The second-order valence-electron chi connectivity index (χ2n) is 6.31. The zero-order valence-corrected chi connectivity index (χ0v) is 14.4. The molecule has 1 spiro atoms. The Kier molecular flexibility index (Phi) is 3.76. The number of nitrogens with zero attached hydrogens (tertiary/aromatic N) is 1. The number of carbonyl (C=O) groups excluding carboxylic acids is 2. The van der Waals surface area contributed by atoms with Gasteiger partial charge < -0.3 is 4.90 Å². The average molecular weight is 353 g/mol. The predicted octanol–water partition coefficient (Wildman–Crippen LogP) is 3.73. The van der Waals surface area contributed by atoms with Crippen LogP contribution in [0.1, 0.15) is 12.0 Å². The molecule has 0 fully saturated rings. The van der Waals surface area contributed by atoms with Gasteiger partial charge in [0.1, 0.15) is 11.2 Å². The van der Waals surface area contributed by atoms with E-state index < -0.39 is 5.41 Å². The zero-order valence-electron chi connectivity index (χ0n) is 13.6. The van der Waals surface area contributed by atoms with Crippen LogP contribution in [0.4, 0.5) is 10.1 Å². The quantitative estimate of drug-likeness (QED) is 0.826. The van der Waals surface area contributed by atoms with Crippen molar-refractivity contribution in [1.82, 2.24) is 0 Å². The van der Waals surface area contributed by atoms with Gasteiger partial charge in [-0.2, -0.15) is 0 Å². The summed E-state index contributed by atoms with van der Waals surface area (Å²) in [7, 11) is 1.76. The molecule has 25 heavy (non-hydrogen) atoms. The minimum atomic E-state index is -0.863. The molecule has 0 radical (unpaired) electrons. The normalized spacial score (nSPS) is 24.9. The summed E-state index contributed by atoms with van der Waals surface area (Å²) in [5.41, 5.74) is 0.931. The molecule has 5 heteroatoms. The summed E-state index contributed by atoms with van der Waals surface area (Å²) in [6.07, 6.45) is 3.55. The van der Waals surface area contributed by atoms with Crippen molar-refractivity contribution in [1.29, 1.82) is 0 Å². The first-order valence-corrected chi connectivity index (χ1v) is 8.92. The van der Waals surface area contributed by atoms with Gasteiger partial charge in [0.2, 0.25) is 5.91 Å². The van der Waals surface area contributed by atoms with Gasteiger partial charge in [-0.3, -0.25) is 9.59 Å². The maximum absolute atomic E-state index is 13.2. The van der Waals surface area contributed by atoms with Crippen molar-refractivity contribution in [2.24, 2.45) is 0 Å². The maximum atomic E-state index is 13.2. The Labute approximate surface area is 149 Å². The van der Waals surface area contributed by atoms with Crippen LogP contribution in [0, 0.1) is 5.82 Å². The molecule has 0 N–H and O–H groups in total. The van der Waals surface area contributed by atoms with Crippen LogP contribution in [-0.2, 0) is 15.0 Å². The lowest BCUT2D eigenvalue weighted by atomic mass is 9.73. The molecule has 2 aromatic carbocycles. The highest BCUT2D eigenvalue weighted by Crippen LogP contribution is 2.51. The van der Waals surface area contributed by atoms with E-state index in [-0.39, 0.29) is 29.2 Å². The summed E-state index contributed by atoms with van der Waals surface area (Å²) < 4.78 is 13.2. The monoisotopic (exact) mass is 353 g/mol. The minimum absolute atomic E-state index is 0.00470. The van der Waals surface area contributed by atoms with Crippen molar-refractivity contribution in [3.8, 4) is 0 Å². The van der Waals surface area contributed by atoms with Crippen LogP contribution in [0.15, 0.2) is 65.6 Å². The maximum Gasteiger partial charge on any atom is 0.242 e. The number of rotatable bonds is 2. The van der Waals surface area contributed by atoms with Crippen molar-refractivity contribution in [2.75, 3.05) is 11.9 Å². The summed E-state index contributed by atoms with van der Waals surface area (Å²) in [6.45, 7) is 0. The Morgan fingerprint density at radius 3 is 2.60 bits per heavy atom. The molecule has 2 unspecified atom stereocenters. The fraction of sp³-hybridized carbons (Fsp3) is 0.200. The summed E-state index contributed by atoms with van der Waals surface area (Å²) in [5.74, 6) is -0.331. The van der Waals surface area contributed by atoms with E-state index in [2.05, 4.69) is 0 Å². The Balaban J connectivity index is 1.83. The summed E-state index contributed by atoms with van der Waals surface area (Å²) >= 11 is 1.46. The minimum Gasteiger partial charge on any atom is -0.314 e. The largest absolute Gasteiger partial charge is 0.314 e. The fourth-order valence-corrected chi connectivity index (χ4v) is 5.01. The van der Waals surface area contributed by atoms with Crippen LogP contribution in [0.3, 0.4) is 0 Å². The van der Waals surface area contributed by atoms with Gasteiger partial charge in [-0.1, -0.05) is 24.3 Å². The summed E-state index contributed by atoms with van der Waals surface area (Å²) in [4.78, 5) is 27.8. The molecule has 0 bridgehead atoms. The molecule has 0 saturated carbocycles. The van der Waals surface area contributed by atoms with Gasteiger partial charge in [-0.05, 0) is 42.0 Å². The number of thioether (sulfide) groups is 1. The molecule has 2 atom stereocenters. The van der Waals surface area contributed by atoms with Gasteiger partial charge in [0.05, 0.1) is 0 Å². The van der Waals surface area contributed by atoms with Gasteiger partial charge >= 0.3 is 0 Å². The highest BCUT2D eigenvalue weighted by Gasteiger charge is 2.55. The van der Waals surface area contributed by atoms with Crippen molar-refractivity contribution in [3.63, 3.8) is 0 Å². The number of hydrogen-bond acceptors (Lipinski definition) is 3. The van der Waals surface area contributed by atoms with Gasteiger partial charge in [-0.15, -0.1) is 11.8 Å². The lowest BCUT2D eigenvalue weighted by molar-refractivity contribution is -0.122. The first kappa shape index (κ1) is 16.1. The van der Waals surface area contributed by atoms with Crippen LogP contribution < -0.4 is 4.90 Å². The van der Waals surface area contributed by atoms with Crippen molar-refractivity contribution < 1.29 is 14.0 Å². The van der Waals surface area contributed by atoms with Gasteiger partial charge in [-0.25, -0.2) is 4.39 Å². The van der Waals surface area contributed by atoms with Gasteiger partial charge in [0.25, 0.3) is 0 Å². The third-order valence-electron chi connectivity index (χ3n) is 4.89. The summed E-state index contributed by atoms with van der Waals surface area (Å²) in [5, 5.41) is -0.269. The van der Waals surface area contributed by atoms with E-state index in [1.54, 1.807) is 30.2 Å². The molecule has 4 rings (SSSR count). The number of allylic oxidation sites excluding steroid dienone is 1. The second kappa shape index (κ2) is 5.85. The van der Waals surface area contributed by atoms with Crippen molar-refractivity contribution in [3.05, 3.63) is 72.1 Å². The Bertz CT molecular complexity index is 893. The number of halogens is 1. The fourth-order valence-electron chi connectivity index (χ4n) is 3.65. The lowest BCUT2D eigenvalue weighted by Gasteiger charge is -2.35. The second-order valence-corrected chi connectivity index (χ2v) is 7.59. The number of likely N-dealkylation sites (N-methyl/N-ethyl adjacent to an activating group) is 1. The molecule has 0 saturated heterocycles. The molecule has 1 aliphatic heterocycles. The van der Waals surface area contributed by atoms with Crippen LogP contribution in [-0.4, -0.2) is 24.0 Å². The standard InChI is InChI=1S/C20H16FNO2S/c1-22-17-5-3-2-4-16(17)20(19(22)24)11-10-14(23)12-18(20)25-15-8-6-13(21)7-9-15/h2-11,18H,12H2,1H3. The van der Waals surface area contributed by atoms with Crippen LogP contribution >= 0.6 is 11.8 Å². The number of hydrogen-bond donors (Lipinski definition) is 0. The molecule has 126 valence electrons. The van der Waals surface area contributed by atoms with Crippen LogP contribution in [0.25, 0.3) is 0 Å². The number of fused-ring (bicyclic) bond motifs is 2. The number of carbonyl (C=O) groups is 2. The first-order valence-electron chi connectivity index (χ1n) is 8.04. The van der Waals surface area contributed by atoms with Crippen molar-refractivity contribution in [2.45, 2.75) is 22.0 Å². The van der Waals surface area contributed by atoms with E-state index in [1.165, 1.54) is 30.0 Å². The predicted molar refractivity (Wildman–Crippen MR) is 96.3 cm³/mol. The third kappa shape index (κ3) is 2.42. The number of benzene rings is 2. The van der Waals surface area contributed by atoms with E-state index in [0.717, 1.165) is 16.1 Å². The number of ketones is 1. The first-order chi connectivity index (χ1) is 12.0. The molecule has 2 aromatic rings. The molecule has 2 aliphatic rings. The van der Waals surface area contributed by atoms with E-state index in [9.17, 15) is 14.0 Å². The van der Waals surface area contributed by atoms with Gasteiger partial charge in [0, 0.05) is 29.3 Å². The number of para-hydroxylation sites is 1. The third-order valence-corrected chi connectivity index (χ3v) is 6.26. The number of amides is 1. The number of anilines is 1. The molecular formula is C20H16FNO2S. The van der Waals surface area contributed by atoms with Crippen LogP contribution in [0.2, 0.25) is 0 Å². The van der Waals surface area contributed by atoms with E-state index in [0.29, 0.717) is 0 Å². The van der Waals surface area contributed by atoms with Crippen LogP contribution in [0.5, 0.6) is 0 Å². The van der Waals surface area contributed by atoms with E-state index >= 15 is 0 Å². The topological polar surface area (TPSA) is 37.4 Å².